The molecular formula is C10H10ClN3O3S2. The van der Waals surface area contributed by atoms with Crippen molar-refractivity contribution >= 4 is 44.3 Å². The predicted molar refractivity (Wildman–Crippen MR) is 76.3 cm³/mol. The molecule has 0 amide bonds. The summed E-state index contributed by atoms with van der Waals surface area (Å²) >= 11 is 6.50. The molecule has 4 N–H and O–H groups in total. The summed E-state index contributed by atoms with van der Waals surface area (Å²) in [5.74, 6) is 0. The lowest BCUT2D eigenvalue weighted by Crippen LogP contribution is -2.13. The van der Waals surface area contributed by atoms with E-state index in [2.05, 4.69) is 9.71 Å². The van der Waals surface area contributed by atoms with Crippen molar-refractivity contribution in [2.45, 2.75) is 11.1 Å². The van der Waals surface area contributed by atoms with Crippen LogP contribution in [0.1, 0.15) is 5.69 Å². The van der Waals surface area contributed by atoms with Crippen LogP contribution in [0, 0.1) is 6.92 Å². The number of thiazole rings is 1. The van der Waals surface area contributed by atoms with E-state index in [4.69, 9.17) is 17.3 Å². The summed E-state index contributed by atoms with van der Waals surface area (Å²) in [6.07, 6.45) is 0. The summed E-state index contributed by atoms with van der Waals surface area (Å²) in [6, 6.07) is 4.45. The van der Waals surface area contributed by atoms with Crippen molar-refractivity contribution in [1.82, 2.24) is 4.98 Å². The molecule has 0 saturated heterocycles. The van der Waals surface area contributed by atoms with Gasteiger partial charge in [0.05, 0.1) is 10.7 Å². The molecule has 9 heteroatoms. The third-order valence-corrected chi connectivity index (χ3v) is 5.56. The lowest BCUT2D eigenvalue weighted by atomic mass is 10.3. The van der Waals surface area contributed by atoms with Crippen LogP contribution in [-0.2, 0) is 10.0 Å². The van der Waals surface area contributed by atoms with Gasteiger partial charge in [-0.25, -0.2) is 8.42 Å². The monoisotopic (exact) mass is 319 g/mol. The highest BCUT2D eigenvalue weighted by Gasteiger charge is 2.21. The van der Waals surface area contributed by atoms with Crippen LogP contribution in [0.3, 0.4) is 0 Å². The van der Waals surface area contributed by atoms with Crippen LogP contribution in [0.25, 0.3) is 0 Å². The molecule has 2 rings (SSSR count). The molecule has 2 aromatic rings. The lowest BCUT2D eigenvalue weighted by molar-refractivity contribution is 0.602. The minimum absolute atomic E-state index is 0.0732. The largest absolute Gasteiger partial charge is 0.399 e. The topological polar surface area (TPSA) is 105 Å². The fourth-order valence-electron chi connectivity index (χ4n) is 1.46. The SMILES string of the molecule is Cc1[nH]c(=O)sc1S(=O)(=O)Nc1cc(N)ccc1Cl. The Kier molecular flexibility index (Phi) is 3.57. The standard InChI is InChI=1S/C10H10ClN3O3S2/c1-5-9(18-10(15)13-5)19(16,17)14-8-4-6(12)2-3-7(8)11/h2-4,14H,12H2,1H3,(H,13,15). The molecule has 1 aromatic carbocycles. The van der Waals surface area contributed by atoms with Gasteiger partial charge in [-0.2, -0.15) is 0 Å². The number of hydrogen-bond donors (Lipinski definition) is 3. The number of nitrogens with two attached hydrogens (primary N) is 1. The van der Waals surface area contributed by atoms with E-state index in [1.165, 1.54) is 19.1 Å². The molecule has 0 aliphatic heterocycles. The molecule has 102 valence electrons. The number of halogens is 1. The molecule has 6 nitrogen and oxygen atoms in total. The van der Waals surface area contributed by atoms with Crippen LogP contribution in [0.4, 0.5) is 11.4 Å². The molecular weight excluding hydrogens is 310 g/mol. The van der Waals surface area contributed by atoms with Crippen molar-refractivity contribution in [1.29, 1.82) is 0 Å². The summed E-state index contributed by atoms with van der Waals surface area (Å²) in [5, 5.41) is 0.221. The zero-order chi connectivity index (χ0) is 14.2. The van der Waals surface area contributed by atoms with Gasteiger partial charge < -0.3 is 10.7 Å². The summed E-state index contributed by atoms with van der Waals surface area (Å²) in [4.78, 5) is 13.1. The van der Waals surface area contributed by atoms with Gasteiger partial charge in [0.2, 0.25) is 0 Å². The summed E-state index contributed by atoms with van der Waals surface area (Å²) in [7, 11) is -3.87. The number of hydrogen-bond acceptors (Lipinski definition) is 5. The lowest BCUT2D eigenvalue weighted by Gasteiger charge is -2.09. The van der Waals surface area contributed by atoms with Gasteiger partial charge in [0.1, 0.15) is 0 Å². The number of anilines is 2. The maximum atomic E-state index is 12.1. The molecule has 0 spiro atoms. The highest BCUT2D eigenvalue weighted by atomic mass is 35.5. The normalized spacial score (nSPS) is 11.5. The van der Waals surface area contributed by atoms with Crippen LogP contribution >= 0.6 is 22.9 Å². The van der Waals surface area contributed by atoms with E-state index in [-0.39, 0.29) is 20.6 Å². The molecule has 0 aliphatic carbocycles. The van der Waals surface area contributed by atoms with Crippen LogP contribution < -0.4 is 15.3 Å². The Hall–Kier alpha value is -1.51. The van der Waals surface area contributed by atoms with Gasteiger partial charge in [-0.1, -0.05) is 22.9 Å². The molecule has 1 aromatic heterocycles. The van der Waals surface area contributed by atoms with E-state index < -0.39 is 14.9 Å². The number of aryl methyl sites for hydroxylation is 1. The zero-order valence-corrected chi connectivity index (χ0v) is 12.1. The molecule has 0 radical (unpaired) electrons. The second kappa shape index (κ2) is 4.87. The van der Waals surface area contributed by atoms with E-state index in [1.54, 1.807) is 6.07 Å². The third kappa shape index (κ3) is 2.91. The Morgan fingerprint density at radius 2 is 2.11 bits per heavy atom. The molecule has 0 fully saturated rings. The van der Waals surface area contributed by atoms with Gasteiger partial charge in [0, 0.05) is 11.4 Å². The Balaban J connectivity index is 2.45. The molecule has 19 heavy (non-hydrogen) atoms. The summed E-state index contributed by atoms with van der Waals surface area (Å²) in [5.41, 5.74) is 6.40. The Morgan fingerprint density at radius 3 is 2.68 bits per heavy atom. The van der Waals surface area contributed by atoms with E-state index in [9.17, 15) is 13.2 Å². The molecule has 0 saturated carbocycles. The predicted octanol–water partition coefficient (Wildman–Crippen LogP) is 1.78. The van der Waals surface area contributed by atoms with Crippen molar-refractivity contribution in [3.63, 3.8) is 0 Å². The summed E-state index contributed by atoms with van der Waals surface area (Å²) in [6.45, 7) is 1.51. The van der Waals surface area contributed by atoms with Gasteiger partial charge >= 0.3 is 4.87 Å². The number of benzene rings is 1. The number of H-pyrrole nitrogens is 1. The fraction of sp³-hybridized carbons (Fsp3) is 0.100. The number of nitrogens with one attached hydrogen (secondary N) is 2. The second-order valence-electron chi connectivity index (χ2n) is 3.77. The number of aromatic amines is 1. The number of aromatic nitrogens is 1. The first kappa shape index (κ1) is 13.9. The van der Waals surface area contributed by atoms with Gasteiger partial charge in [0.15, 0.2) is 4.21 Å². The first-order chi connectivity index (χ1) is 8.79. The van der Waals surface area contributed by atoms with Gasteiger partial charge in [0.25, 0.3) is 10.0 Å². The van der Waals surface area contributed by atoms with E-state index in [0.717, 1.165) is 0 Å². The van der Waals surface area contributed by atoms with Gasteiger partial charge in [-0.15, -0.1) is 0 Å². The molecule has 1 heterocycles. The van der Waals surface area contributed by atoms with E-state index >= 15 is 0 Å². The van der Waals surface area contributed by atoms with Gasteiger partial charge in [-0.3, -0.25) is 9.52 Å². The number of rotatable bonds is 3. The smallest absolute Gasteiger partial charge is 0.306 e. The van der Waals surface area contributed by atoms with Crippen molar-refractivity contribution in [2.75, 3.05) is 10.5 Å². The minimum atomic E-state index is -3.87. The van der Waals surface area contributed by atoms with E-state index in [1.807, 2.05) is 0 Å². The quantitative estimate of drug-likeness (QED) is 0.750. The Bertz CT molecular complexity index is 780. The van der Waals surface area contributed by atoms with Crippen LogP contribution in [0.5, 0.6) is 0 Å². The zero-order valence-electron chi connectivity index (χ0n) is 9.73. The molecule has 0 unspecified atom stereocenters. The minimum Gasteiger partial charge on any atom is -0.399 e. The molecule has 0 atom stereocenters. The van der Waals surface area contributed by atoms with Crippen molar-refractivity contribution in [3.05, 3.63) is 38.6 Å². The first-order valence-corrected chi connectivity index (χ1v) is 7.75. The van der Waals surface area contributed by atoms with Crippen LogP contribution in [0.2, 0.25) is 5.02 Å². The fourth-order valence-corrected chi connectivity index (χ4v) is 4.05. The first-order valence-electron chi connectivity index (χ1n) is 5.07. The highest BCUT2D eigenvalue weighted by Crippen LogP contribution is 2.27. The Labute approximate surface area is 118 Å². The van der Waals surface area contributed by atoms with Gasteiger partial charge in [-0.05, 0) is 25.1 Å². The maximum absolute atomic E-state index is 12.1. The van der Waals surface area contributed by atoms with Crippen molar-refractivity contribution < 1.29 is 8.42 Å². The second-order valence-corrected chi connectivity index (χ2v) is 7.04. The van der Waals surface area contributed by atoms with Crippen molar-refractivity contribution in [2.24, 2.45) is 0 Å². The van der Waals surface area contributed by atoms with Crippen LogP contribution in [0.15, 0.2) is 27.2 Å². The van der Waals surface area contributed by atoms with E-state index in [0.29, 0.717) is 17.0 Å². The molecule has 0 bridgehead atoms. The average molecular weight is 320 g/mol. The Morgan fingerprint density at radius 1 is 1.42 bits per heavy atom. The van der Waals surface area contributed by atoms with Crippen molar-refractivity contribution in [3.8, 4) is 0 Å². The third-order valence-electron chi connectivity index (χ3n) is 2.26. The molecule has 0 aliphatic rings. The number of sulfonamides is 1. The number of nitrogen functional groups attached to an aromatic ring is 1. The average Bonchev–Trinajstić information content (AvgIpc) is 2.63. The maximum Gasteiger partial charge on any atom is 0.306 e. The highest BCUT2D eigenvalue weighted by molar-refractivity contribution is 7.94. The van der Waals surface area contributed by atoms with Crippen LogP contribution in [-0.4, -0.2) is 13.4 Å². The summed E-state index contributed by atoms with van der Waals surface area (Å²) < 4.78 is 26.5.